The first-order valence-electron chi connectivity index (χ1n) is 5.48. The fourth-order valence-electron chi connectivity index (χ4n) is 2.49. The third-order valence-electron chi connectivity index (χ3n) is 3.49. The van der Waals surface area contributed by atoms with Gasteiger partial charge in [0.15, 0.2) is 0 Å². The van der Waals surface area contributed by atoms with E-state index in [9.17, 15) is 14.4 Å². The van der Waals surface area contributed by atoms with Crippen LogP contribution in [0.3, 0.4) is 0 Å². The summed E-state index contributed by atoms with van der Waals surface area (Å²) in [6.45, 7) is 0.301. The zero-order chi connectivity index (χ0) is 12.6. The van der Waals surface area contributed by atoms with Crippen LogP contribution in [-0.2, 0) is 14.4 Å². The quantitative estimate of drug-likeness (QED) is 0.477. The van der Waals surface area contributed by atoms with Crippen molar-refractivity contribution < 1.29 is 19.5 Å². The largest absolute Gasteiger partial charge is 0.394 e. The van der Waals surface area contributed by atoms with Crippen molar-refractivity contribution in [3.63, 3.8) is 0 Å². The van der Waals surface area contributed by atoms with Gasteiger partial charge in [-0.25, -0.2) is 0 Å². The Hall–Kier alpha value is -1.63. The van der Waals surface area contributed by atoms with Crippen LogP contribution < -0.4 is 11.1 Å². The zero-order valence-electron chi connectivity index (χ0n) is 9.31. The van der Waals surface area contributed by atoms with E-state index in [1.807, 2.05) is 0 Å². The van der Waals surface area contributed by atoms with Gasteiger partial charge >= 0.3 is 0 Å². The van der Waals surface area contributed by atoms with Crippen molar-refractivity contribution in [2.75, 3.05) is 19.7 Å². The molecule has 3 amide bonds. The zero-order valence-corrected chi connectivity index (χ0v) is 9.31. The Kier molecular flexibility index (Phi) is 2.78. The summed E-state index contributed by atoms with van der Waals surface area (Å²) in [4.78, 5) is 35.6. The lowest BCUT2D eigenvalue weighted by Gasteiger charge is -2.52. The van der Waals surface area contributed by atoms with E-state index < -0.39 is 24.0 Å². The Morgan fingerprint density at radius 1 is 1.59 bits per heavy atom. The van der Waals surface area contributed by atoms with Crippen LogP contribution >= 0.6 is 0 Å². The van der Waals surface area contributed by atoms with Gasteiger partial charge in [0.05, 0.1) is 12.0 Å². The molecule has 7 nitrogen and oxygen atoms in total. The number of carbonyl (C=O) groups excluding carboxylic acids is 3. The summed E-state index contributed by atoms with van der Waals surface area (Å²) in [6.07, 6.45) is 0.726. The van der Waals surface area contributed by atoms with Crippen molar-refractivity contribution in [2.24, 2.45) is 11.1 Å². The number of aliphatic hydroxyl groups excluding tert-OH is 1. The van der Waals surface area contributed by atoms with E-state index in [1.165, 1.54) is 4.90 Å². The van der Waals surface area contributed by atoms with E-state index in [4.69, 9.17) is 10.8 Å². The second kappa shape index (κ2) is 3.99. The van der Waals surface area contributed by atoms with Crippen LogP contribution in [0, 0.1) is 5.41 Å². The number of nitrogens with one attached hydrogen (secondary N) is 1. The molecule has 2 aliphatic heterocycles. The number of piperidine rings is 1. The van der Waals surface area contributed by atoms with Gasteiger partial charge in [0, 0.05) is 19.5 Å². The highest BCUT2D eigenvalue weighted by Gasteiger charge is 2.56. The van der Waals surface area contributed by atoms with Crippen molar-refractivity contribution in [3.05, 3.63) is 0 Å². The van der Waals surface area contributed by atoms with E-state index in [-0.39, 0.29) is 18.2 Å². The predicted octanol–water partition coefficient (Wildman–Crippen LogP) is -2.43. The third-order valence-corrected chi connectivity index (χ3v) is 3.49. The number of hydrogen-bond donors (Lipinski definition) is 3. The lowest BCUT2D eigenvalue weighted by molar-refractivity contribution is -0.173. The molecule has 4 N–H and O–H groups in total. The fraction of sp³-hybridized carbons (Fsp3) is 0.700. The van der Waals surface area contributed by atoms with Gasteiger partial charge < -0.3 is 21.1 Å². The Morgan fingerprint density at radius 2 is 2.29 bits per heavy atom. The molecule has 1 spiro atoms. The number of nitrogens with zero attached hydrogens (tertiary/aromatic N) is 1. The maximum absolute atomic E-state index is 12.0. The predicted molar refractivity (Wildman–Crippen MR) is 56.5 cm³/mol. The van der Waals surface area contributed by atoms with Crippen molar-refractivity contribution in [3.8, 4) is 0 Å². The van der Waals surface area contributed by atoms with Gasteiger partial charge in [-0.05, 0) is 6.42 Å². The molecule has 94 valence electrons. The van der Waals surface area contributed by atoms with Gasteiger partial charge in [0.1, 0.15) is 6.04 Å². The maximum atomic E-state index is 12.0. The minimum atomic E-state index is -0.974. The molecule has 2 atom stereocenters. The first kappa shape index (κ1) is 11.8. The Morgan fingerprint density at radius 3 is 2.76 bits per heavy atom. The van der Waals surface area contributed by atoms with Gasteiger partial charge in [-0.3, -0.25) is 14.4 Å². The molecule has 2 heterocycles. The molecule has 0 radical (unpaired) electrons. The molecule has 2 rings (SSSR count). The first-order valence-corrected chi connectivity index (χ1v) is 5.48. The highest BCUT2D eigenvalue weighted by Crippen LogP contribution is 2.41. The number of carbonyl (C=O) groups is 3. The van der Waals surface area contributed by atoms with Gasteiger partial charge in [-0.2, -0.15) is 0 Å². The summed E-state index contributed by atoms with van der Waals surface area (Å²) in [6, 6.07) is -0.974. The van der Waals surface area contributed by atoms with Crippen LogP contribution in [0.2, 0.25) is 0 Å². The summed E-state index contributed by atoms with van der Waals surface area (Å²) in [5, 5.41) is 11.7. The molecule has 2 fully saturated rings. The second-order valence-electron chi connectivity index (χ2n) is 4.59. The molecule has 2 aliphatic rings. The minimum Gasteiger partial charge on any atom is -0.394 e. The lowest BCUT2D eigenvalue weighted by Crippen LogP contribution is -2.70. The Bertz CT molecular complexity index is 384. The maximum Gasteiger partial charge on any atom is 0.242 e. The molecule has 0 aromatic rings. The summed E-state index contributed by atoms with van der Waals surface area (Å²) < 4.78 is 0. The van der Waals surface area contributed by atoms with Gasteiger partial charge in [-0.15, -0.1) is 0 Å². The Labute approximate surface area is 97.9 Å². The standard InChI is InChI=1S/C10H15N3O4/c11-8(16)6(4-14)13-5-10(9(13)17)1-2-12-7(15)3-10/h6,14H,1-5H2,(H2,11,16)(H,12,15)/t6-,10?/m0/s1. The Balaban J connectivity index is 2.07. The smallest absolute Gasteiger partial charge is 0.242 e. The number of amides is 3. The number of likely N-dealkylation sites (tertiary alicyclic amines) is 1. The summed E-state index contributed by atoms with van der Waals surface area (Å²) in [7, 11) is 0. The van der Waals surface area contributed by atoms with E-state index in [0.717, 1.165) is 0 Å². The SMILES string of the molecule is NC(=O)[C@H](CO)N1CC2(CCNC(=O)C2)C1=O. The van der Waals surface area contributed by atoms with Crippen molar-refractivity contribution in [1.29, 1.82) is 0 Å². The molecule has 0 saturated carbocycles. The molecule has 7 heteroatoms. The highest BCUT2D eigenvalue weighted by molar-refractivity contribution is 5.97. The molecular weight excluding hydrogens is 226 g/mol. The van der Waals surface area contributed by atoms with Gasteiger partial charge in [0.2, 0.25) is 17.7 Å². The summed E-state index contributed by atoms with van der Waals surface area (Å²) in [5.41, 5.74) is 4.42. The first-order chi connectivity index (χ1) is 8.00. The third kappa shape index (κ3) is 1.76. The number of β-lactam (4-membered cyclic amide) rings is 1. The molecule has 0 aliphatic carbocycles. The number of nitrogens with two attached hydrogens (primary N) is 1. The van der Waals surface area contributed by atoms with E-state index in [2.05, 4.69) is 5.32 Å². The molecule has 0 bridgehead atoms. The molecular formula is C10H15N3O4. The lowest BCUT2D eigenvalue weighted by atomic mass is 9.70. The van der Waals surface area contributed by atoms with Crippen LogP contribution in [-0.4, -0.2) is 53.5 Å². The van der Waals surface area contributed by atoms with Crippen molar-refractivity contribution in [2.45, 2.75) is 18.9 Å². The average molecular weight is 241 g/mol. The summed E-state index contributed by atoms with van der Waals surface area (Å²) >= 11 is 0. The van der Waals surface area contributed by atoms with Crippen LogP contribution in [0.4, 0.5) is 0 Å². The average Bonchev–Trinajstić information content (AvgIpc) is 2.28. The number of rotatable bonds is 3. The van der Waals surface area contributed by atoms with E-state index in [1.54, 1.807) is 0 Å². The number of aliphatic hydroxyl groups is 1. The van der Waals surface area contributed by atoms with Crippen LogP contribution in [0.1, 0.15) is 12.8 Å². The fourth-order valence-corrected chi connectivity index (χ4v) is 2.49. The number of hydrogen-bond acceptors (Lipinski definition) is 4. The normalized spacial score (nSPS) is 29.8. The van der Waals surface area contributed by atoms with Crippen LogP contribution in [0.15, 0.2) is 0 Å². The van der Waals surface area contributed by atoms with Crippen molar-refractivity contribution in [1.82, 2.24) is 10.2 Å². The van der Waals surface area contributed by atoms with Gasteiger partial charge in [-0.1, -0.05) is 0 Å². The summed E-state index contributed by atoms with van der Waals surface area (Å²) in [5.74, 6) is -1.13. The molecule has 2 saturated heterocycles. The van der Waals surface area contributed by atoms with E-state index >= 15 is 0 Å². The highest BCUT2D eigenvalue weighted by atomic mass is 16.3. The molecule has 17 heavy (non-hydrogen) atoms. The van der Waals surface area contributed by atoms with Crippen LogP contribution in [0.25, 0.3) is 0 Å². The van der Waals surface area contributed by atoms with Crippen LogP contribution in [0.5, 0.6) is 0 Å². The van der Waals surface area contributed by atoms with E-state index in [0.29, 0.717) is 19.5 Å². The topological polar surface area (TPSA) is 113 Å². The number of primary amides is 1. The second-order valence-corrected chi connectivity index (χ2v) is 4.59. The van der Waals surface area contributed by atoms with Gasteiger partial charge in [0.25, 0.3) is 0 Å². The van der Waals surface area contributed by atoms with Crippen molar-refractivity contribution >= 4 is 17.7 Å². The molecule has 0 aromatic carbocycles. The molecule has 0 aromatic heterocycles. The molecule has 1 unspecified atom stereocenters. The monoisotopic (exact) mass is 241 g/mol. The minimum absolute atomic E-state index is 0.149.